The predicted octanol–water partition coefficient (Wildman–Crippen LogP) is -0.310. The van der Waals surface area contributed by atoms with Crippen LogP contribution in [0.4, 0.5) is 0 Å². The molecule has 2 unspecified atom stereocenters. The number of piperidine rings is 1. The van der Waals surface area contributed by atoms with Crippen LogP contribution in [-0.2, 0) is 9.53 Å². The van der Waals surface area contributed by atoms with Gasteiger partial charge in [-0.1, -0.05) is 0 Å². The normalized spacial score (nSPS) is 29.1. The van der Waals surface area contributed by atoms with Gasteiger partial charge in [-0.15, -0.1) is 0 Å². The van der Waals surface area contributed by atoms with Crippen molar-refractivity contribution >= 4 is 5.91 Å². The highest BCUT2D eigenvalue weighted by molar-refractivity contribution is 5.81. The van der Waals surface area contributed by atoms with Crippen LogP contribution in [0.15, 0.2) is 0 Å². The number of rotatable bonds is 2. The summed E-state index contributed by atoms with van der Waals surface area (Å²) in [6.45, 7) is 6.14. The lowest BCUT2D eigenvalue weighted by molar-refractivity contribution is -0.141. The van der Waals surface area contributed by atoms with Gasteiger partial charge in [-0.05, 0) is 26.3 Å². The van der Waals surface area contributed by atoms with E-state index in [1.165, 1.54) is 0 Å². The zero-order valence-electron chi connectivity index (χ0n) is 10.5. The minimum absolute atomic E-state index is 0.122. The van der Waals surface area contributed by atoms with Gasteiger partial charge in [0.15, 0.2) is 0 Å². The molecule has 0 aromatic carbocycles. The van der Waals surface area contributed by atoms with Gasteiger partial charge in [0.1, 0.15) is 0 Å². The van der Waals surface area contributed by atoms with E-state index >= 15 is 0 Å². The van der Waals surface area contributed by atoms with Gasteiger partial charge in [0.05, 0.1) is 25.4 Å². The molecule has 0 radical (unpaired) electrons. The molecule has 2 aliphatic heterocycles. The number of likely N-dealkylation sites (tertiary alicyclic amines) is 1. The molecule has 2 aliphatic rings. The van der Waals surface area contributed by atoms with Crippen molar-refractivity contribution in [2.45, 2.75) is 31.9 Å². The van der Waals surface area contributed by atoms with Crippen LogP contribution in [0.2, 0.25) is 0 Å². The molecular weight excluding hydrogens is 220 g/mol. The monoisotopic (exact) mass is 242 g/mol. The fraction of sp³-hybridized carbons (Fsp3) is 0.917. The van der Waals surface area contributed by atoms with Crippen molar-refractivity contribution < 1.29 is 14.6 Å². The predicted molar refractivity (Wildman–Crippen MR) is 63.7 cm³/mol. The summed E-state index contributed by atoms with van der Waals surface area (Å²) in [6, 6.07) is -0.122. The number of hydrogen-bond acceptors (Lipinski definition) is 4. The SMILES string of the molecule is CC(C(=O)N1CCOCC1)N1CCCC(O)C1. The maximum atomic E-state index is 12.3. The summed E-state index contributed by atoms with van der Waals surface area (Å²) in [5, 5.41) is 9.63. The fourth-order valence-corrected chi connectivity index (χ4v) is 2.54. The first kappa shape index (κ1) is 12.8. The number of morpholine rings is 1. The molecule has 2 atom stereocenters. The van der Waals surface area contributed by atoms with Gasteiger partial charge < -0.3 is 14.7 Å². The maximum absolute atomic E-state index is 12.3. The Morgan fingerprint density at radius 2 is 2.06 bits per heavy atom. The maximum Gasteiger partial charge on any atom is 0.239 e. The van der Waals surface area contributed by atoms with E-state index < -0.39 is 0 Å². The molecule has 2 heterocycles. The molecule has 0 bridgehead atoms. The van der Waals surface area contributed by atoms with Gasteiger partial charge in [0.25, 0.3) is 0 Å². The van der Waals surface area contributed by atoms with Gasteiger partial charge in [-0.25, -0.2) is 0 Å². The number of hydrogen-bond donors (Lipinski definition) is 1. The Morgan fingerprint density at radius 3 is 2.71 bits per heavy atom. The highest BCUT2D eigenvalue weighted by Gasteiger charge is 2.29. The van der Waals surface area contributed by atoms with Gasteiger partial charge in [0.2, 0.25) is 5.91 Å². The molecule has 5 heteroatoms. The summed E-state index contributed by atoms with van der Waals surface area (Å²) in [7, 11) is 0. The first-order valence-electron chi connectivity index (χ1n) is 6.47. The number of aliphatic hydroxyl groups excluding tert-OH is 1. The summed E-state index contributed by atoms with van der Waals surface area (Å²) in [6.07, 6.45) is 1.56. The van der Waals surface area contributed by atoms with Gasteiger partial charge >= 0.3 is 0 Å². The number of nitrogens with zero attached hydrogens (tertiary/aromatic N) is 2. The van der Waals surface area contributed by atoms with E-state index in [1.807, 2.05) is 11.8 Å². The topological polar surface area (TPSA) is 53.0 Å². The van der Waals surface area contributed by atoms with Gasteiger partial charge in [-0.2, -0.15) is 0 Å². The van der Waals surface area contributed by atoms with Crippen molar-refractivity contribution in [1.82, 2.24) is 9.80 Å². The van der Waals surface area contributed by atoms with Crippen molar-refractivity contribution in [3.05, 3.63) is 0 Å². The summed E-state index contributed by atoms with van der Waals surface area (Å²) in [5.74, 6) is 0.169. The molecule has 0 spiro atoms. The number of amides is 1. The molecule has 17 heavy (non-hydrogen) atoms. The number of carbonyl (C=O) groups is 1. The molecule has 98 valence electrons. The first-order valence-corrected chi connectivity index (χ1v) is 6.47. The van der Waals surface area contributed by atoms with E-state index in [9.17, 15) is 9.90 Å². The number of β-amino-alcohol motifs (C(OH)–C–C–N with tert-alkyl or cyclic N) is 1. The minimum Gasteiger partial charge on any atom is -0.392 e. The van der Waals surface area contributed by atoms with Crippen molar-refractivity contribution in [2.75, 3.05) is 39.4 Å². The molecular formula is C12H22N2O3. The Hall–Kier alpha value is -0.650. The Balaban J connectivity index is 1.89. The molecule has 2 saturated heterocycles. The number of ether oxygens (including phenoxy) is 1. The lowest BCUT2D eigenvalue weighted by Gasteiger charge is -2.37. The highest BCUT2D eigenvalue weighted by atomic mass is 16.5. The third-order valence-corrected chi connectivity index (χ3v) is 3.66. The van der Waals surface area contributed by atoms with E-state index in [4.69, 9.17) is 4.74 Å². The van der Waals surface area contributed by atoms with Crippen LogP contribution in [0.1, 0.15) is 19.8 Å². The second-order valence-electron chi connectivity index (χ2n) is 4.90. The summed E-state index contributed by atoms with van der Waals surface area (Å²) < 4.78 is 5.24. The quantitative estimate of drug-likeness (QED) is 0.722. The standard InChI is InChI=1S/C12H22N2O3/c1-10(14-4-2-3-11(15)9-14)12(16)13-5-7-17-8-6-13/h10-11,15H,2-9H2,1H3. The molecule has 1 amide bonds. The first-order chi connectivity index (χ1) is 8.18. The van der Waals surface area contributed by atoms with Crippen LogP contribution in [0.3, 0.4) is 0 Å². The van der Waals surface area contributed by atoms with Crippen LogP contribution in [-0.4, -0.2) is 72.4 Å². The Kier molecular flexibility index (Phi) is 4.36. The van der Waals surface area contributed by atoms with Crippen LogP contribution < -0.4 is 0 Å². The number of aliphatic hydroxyl groups is 1. The van der Waals surface area contributed by atoms with Crippen LogP contribution >= 0.6 is 0 Å². The Labute approximate surface area is 102 Å². The lowest BCUT2D eigenvalue weighted by Crippen LogP contribution is -2.53. The van der Waals surface area contributed by atoms with E-state index in [0.29, 0.717) is 32.8 Å². The third-order valence-electron chi connectivity index (χ3n) is 3.66. The average molecular weight is 242 g/mol. The second-order valence-corrected chi connectivity index (χ2v) is 4.90. The Morgan fingerprint density at radius 1 is 1.35 bits per heavy atom. The zero-order chi connectivity index (χ0) is 12.3. The third kappa shape index (κ3) is 3.18. The smallest absolute Gasteiger partial charge is 0.239 e. The number of carbonyl (C=O) groups excluding carboxylic acids is 1. The molecule has 2 fully saturated rings. The summed E-state index contributed by atoms with van der Waals surface area (Å²) >= 11 is 0. The van der Waals surface area contributed by atoms with Crippen LogP contribution in [0, 0.1) is 0 Å². The van der Waals surface area contributed by atoms with Gasteiger partial charge in [-0.3, -0.25) is 9.69 Å². The highest BCUT2D eigenvalue weighted by Crippen LogP contribution is 2.14. The van der Waals surface area contributed by atoms with Crippen molar-refractivity contribution in [3.8, 4) is 0 Å². The fourth-order valence-electron chi connectivity index (χ4n) is 2.54. The van der Waals surface area contributed by atoms with Crippen molar-refractivity contribution in [3.63, 3.8) is 0 Å². The molecule has 0 saturated carbocycles. The molecule has 0 aromatic heterocycles. The van der Waals surface area contributed by atoms with Crippen LogP contribution in [0.5, 0.6) is 0 Å². The second kappa shape index (κ2) is 5.80. The largest absolute Gasteiger partial charge is 0.392 e. The molecule has 1 N–H and O–H groups in total. The van der Waals surface area contributed by atoms with E-state index in [2.05, 4.69) is 4.90 Å². The van der Waals surface area contributed by atoms with Crippen LogP contribution in [0.25, 0.3) is 0 Å². The lowest BCUT2D eigenvalue weighted by atomic mass is 10.1. The minimum atomic E-state index is -0.274. The van der Waals surface area contributed by atoms with Gasteiger partial charge in [0, 0.05) is 19.6 Å². The van der Waals surface area contributed by atoms with E-state index in [0.717, 1.165) is 19.4 Å². The molecule has 5 nitrogen and oxygen atoms in total. The van der Waals surface area contributed by atoms with Crippen molar-refractivity contribution in [1.29, 1.82) is 0 Å². The summed E-state index contributed by atoms with van der Waals surface area (Å²) in [5.41, 5.74) is 0. The van der Waals surface area contributed by atoms with Crippen molar-refractivity contribution in [2.24, 2.45) is 0 Å². The average Bonchev–Trinajstić information content (AvgIpc) is 2.38. The molecule has 0 aliphatic carbocycles. The van der Waals surface area contributed by atoms with E-state index in [1.54, 1.807) is 0 Å². The molecule has 2 rings (SSSR count). The Bertz CT molecular complexity index is 266. The summed E-state index contributed by atoms with van der Waals surface area (Å²) in [4.78, 5) is 16.2. The molecule has 0 aromatic rings. The zero-order valence-corrected chi connectivity index (χ0v) is 10.5. The van der Waals surface area contributed by atoms with E-state index in [-0.39, 0.29) is 18.1 Å².